The molecule has 1 unspecified atom stereocenters. The average Bonchev–Trinajstić information content (AvgIpc) is 3.02. The summed E-state index contributed by atoms with van der Waals surface area (Å²) in [5.41, 5.74) is 4.59. The van der Waals surface area contributed by atoms with Crippen LogP contribution in [0.3, 0.4) is 0 Å². The third kappa shape index (κ3) is 2.47. The first-order valence-corrected chi connectivity index (χ1v) is 8.01. The third-order valence-corrected chi connectivity index (χ3v) is 5.07. The Morgan fingerprint density at radius 1 is 1.21 bits per heavy atom. The predicted molar refractivity (Wildman–Crippen MR) is 82.8 cm³/mol. The van der Waals surface area contributed by atoms with E-state index in [9.17, 15) is 0 Å². The van der Waals surface area contributed by atoms with Gasteiger partial charge in [-0.3, -0.25) is 0 Å². The molecule has 19 heavy (non-hydrogen) atoms. The summed E-state index contributed by atoms with van der Waals surface area (Å²) in [6.45, 7) is 5.48. The second-order valence-corrected chi connectivity index (χ2v) is 6.52. The summed E-state index contributed by atoms with van der Waals surface area (Å²) in [4.78, 5) is 1.46. The molecule has 1 heterocycles. The lowest BCUT2D eigenvalue weighted by Crippen LogP contribution is -2.28. The lowest BCUT2D eigenvalue weighted by atomic mass is 9.91. The maximum absolute atomic E-state index is 3.71. The van der Waals surface area contributed by atoms with Crippen LogP contribution in [0.15, 0.2) is 35.7 Å². The molecule has 0 spiro atoms. The summed E-state index contributed by atoms with van der Waals surface area (Å²) in [6.07, 6.45) is 2.42. The number of hydrogen-bond acceptors (Lipinski definition) is 2. The van der Waals surface area contributed by atoms with Crippen molar-refractivity contribution in [3.05, 3.63) is 57.3 Å². The van der Waals surface area contributed by atoms with Crippen LogP contribution in [0.25, 0.3) is 0 Å². The highest BCUT2D eigenvalue weighted by Gasteiger charge is 2.30. The molecule has 1 aromatic heterocycles. The van der Waals surface area contributed by atoms with Gasteiger partial charge in [0.05, 0.1) is 0 Å². The highest BCUT2D eigenvalue weighted by atomic mass is 32.1. The fourth-order valence-electron chi connectivity index (χ4n) is 3.30. The van der Waals surface area contributed by atoms with E-state index < -0.39 is 0 Å². The maximum Gasteiger partial charge on any atom is 0.0365 e. The van der Waals surface area contributed by atoms with E-state index in [2.05, 4.69) is 54.9 Å². The minimum absolute atomic E-state index is 0.503. The minimum atomic E-state index is 0.503. The highest BCUT2D eigenvalue weighted by Crippen LogP contribution is 2.37. The zero-order chi connectivity index (χ0) is 13.2. The molecule has 2 heteroatoms. The van der Waals surface area contributed by atoms with E-state index in [4.69, 9.17) is 0 Å². The Bertz CT molecular complexity index is 533. The molecule has 1 aliphatic rings. The number of rotatable bonds is 4. The van der Waals surface area contributed by atoms with E-state index in [1.54, 1.807) is 11.1 Å². The molecule has 1 N–H and O–H groups in total. The Hall–Kier alpha value is -1.12. The van der Waals surface area contributed by atoms with E-state index in [-0.39, 0.29) is 0 Å². The molecule has 0 fully saturated rings. The van der Waals surface area contributed by atoms with E-state index >= 15 is 0 Å². The molecular formula is C17H21NS. The van der Waals surface area contributed by atoms with Gasteiger partial charge in [-0.05, 0) is 60.4 Å². The molecule has 1 aliphatic carbocycles. The van der Waals surface area contributed by atoms with Crippen LogP contribution in [-0.4, -0.2) is 6.54 Å². The second-order valence-electron chi connectivity index (χ2n) is 5.40. The Kier molecular flexibility index (Phi) is 3.72. The van der Waals surface area contributed by atoms with Crippen molar-refractivity contribution in [2.75, 3.05) is 6.54 Å². The molecule has 1 aromatic carbocycles. The van der Waals surface area contributed by atoms with Crippen molar-refractivity contribution in [2.24, 2.45) is 5.92 Å². The molecule has 0 saturated carbocycles. The topological polar surface area (TPSA) is 12.0 Å². The van der Waals surface area contributed by atoms with Crippen molar-refractivity contribution in [2.45, 2.75) is 32.7 Å². The Balaban J connectivity index is 1.86. The zero-order valence-electron chi connectivity index (χ0n) is 11.6. The Morgan fingerprint density at radius 2 is 1.89 bits per heavy atom. The molecule has 0 saturated heterocycles. The van der Waals surface area contributed by atoms with Crippen molar-refractivity contribution >= 4 is 11.3 Å². The van der Waals surface area contributed by atoms with Gasteiger partial charge in [-0.25, -0.2) is 0 Å². The fraction of sp³-hybridized carbons (Fsp3) is 0.412. The smallest absolute Gasteiger partial charge is 0.0365 e. The number of hydrogen-bond donors (Lipinski definition) is 1. The molecular weight excluding hydrogens is 250 g/mol. The van der Waals surface area contributed by atoms with Crippen molar-refractivity contribution in [1.82, 2.24) is 5.32 Å². The molecule has 100 valence electrons. The van der Waals surface area contributed by atoms with E-state index in [0.29, 0.717) is 12.0 Å². The summed E-state index contributed by atoms with van der Waals surface area (Å²) in [5, 5.41) is 5.93. The molecule has 0 radical (unpaired) electrons. The van der Waals surface area contributed by atoms with Crippen molar-refractivity contribution in [1.29, 1.82) is 0 Å². The molecule has 2 aromatic rings. The van der Waals surface area contributed by atoms with Crippen LogP contribution in [0.2, 0.25) is 0 Å². The van der Waals surface area contributed by atoms with Crippen molar-refractivity contribution in [3.63, 3.8) is 0 Å². The summed E-state index contributed by atoms with van der Waals surface area (Å²) in [5.74, 6) is 0.700. The van der Waals surface area contributed by atoms with Gasteiger partial charge in [-0.1, -0.05) is 31.2 Å². The summed E-state index contributed by atoms with van der Waals surface area (Å²) >= 11 is 1.86. The molecule has 0 aliphatic heterocycles. The SMILES string of the molecule is CCNC(c1ccsc1C)C1Cc2ccccc2C1. The van der Waals surface area contributed by atoms with Gasteiger partial charge in [-0.15, -0.1) is 11.3 Å². The molecule has 0 bridgehead atoms. The maximum atomic E-state index is 3.71. The Morgan fingerprint density at radius 3 is 2.42 bits per heavy atom. The van der Waals surface area contributed by atoms with Crippen LogP contribution in [-0.2, 0) is 12.8 Å². The van der Waals surface area contributed by atoms with Gasteiger partial charge in [0.25, 0.3) is 0 Å². The van der Waals surface area contributed by atoms with Gasteiger partial charge in [0.15, 0.2) is 0 Å². The minimum Gasteiger partial charge on any atom is -0.310 e. The first-order chi connectivity index (χ1) is 9.29. The number of aryl methyl sites for hydroxylation is 1. The van der Waals surface area contributed by atoms with Crippen LogP contribution in [0.1, 0.15) is 34.5 Å². The highest BCUT2D eigenvalue weighted by molar-refractivity contribution is 7.10. The molecule has 1 atom stereocenters. The predicted octanol–water partition coefficient (Wildman–Crippen LogP) is 4.12. The number of benzene rings is 1. The third-order valence-electron chi connectivity index (χ3n) is 4.21. The van der Waals surface area contributed by atoms with Gasteiger partial charge < -0.3 is 5.32 Å². The lowest BCUT2D eigenvalue weighted by molar-refractivity contribution is 0.380. The zero-order valence-corrected chi connectivity index (χ0v) is 12.5. The van der Waals surface area contributed by atoms with E-state index in [0.717, 1.165) is 6.54 Å². The van der Waals surface area contributed by atoms with Gasteiger partial charge in [0.2, 0.25) is 0 Å². The summed E-state index contributed by atoms with van der Waals surface area (Å²) < 4.78 is 0. The van der Waals surface area contributed by atoms with Gasteiger partial charge in [0.1, 0.15) is 0 Å². The van der Waals surface area contributed by atoms with Crippen LogP contribution in [0.5, 0.6) is 0 Å². The molecule has 3 rings (SSSR count). The van der Waals surface area contributed by atoms with Crippen molar-refractivity contribution < 1.29 is 0 Å². The average molecular weight is 271 g/mol. The van der Waals surface area contributed by atoms with Gasteiger partial charge in [0, 0.05) is 10.9 Å². The normalized spacial score (nSPS) is 16.5. The van der Waals surface area contributed by atoms with E-state index in [1.807, 2.05) is 11.3 Å². The van der Waals surface area contributed by atoms with Crippen LogP contribution in [0.4, 0.5) is 0 Å². The standard InChI is InChI=1S/C17H21NS/c1-3-18-17(16-8-9-19-12(16)2)15-10-13-6-4-5-7-14(13)11-15/h4-9,15,17-18H,3,10-11H2,1-2H3. The number of fused-ring (bicyclic) bond motifs is 1. The first-order valence-electron chi connectivity index (χ1n) is 7.13. The van der Waals surface area contributed by atoms with Crippen LogP contribution in [0, 0.1) is 12.8 Å². The van der Waals surface area contributed by atoms with Gasteiger partial charge in [-0.2, -0.15) is 0 Å². The number of thiophene rings is 1. The molecule has 0 amide bonds. The van der Waals surface area contributed by atoms with Crippen molar-refractivity contribution in [3.8, 4) is 0 Å². The number of nitrogens with one attached hydrogen (secondary N) is 1. The van der Waals surface area contributed by atoms with E-state index in [1.165, 1.54) is 23.3 Å². The monoisotopic (exact) mass is 271 g/mol. The fourth-order valence-corrected chi connectivity index (χ4v) is 4.05. The van der Waals surface area contributed by atoms with Crippen LogP contribution < -0.4 is 5.32 Å². The largest absolute Gasteiger partial charge is 0.310 e. The van der Waals surface area contributed by atoms with Crippen LogP contribution >= 0.6 is 11.3 Å². The second kappa shape index (κ2) is 5.48. The quantitative estimate of drug-likeness (QED) is 0.882. The lowest BCUT2D eigenvalue weighted by Gasteiger charge is -2.24. The summed E-state index contributed by atoms with van der Waals surface area (Å²) in [7, 11) is 0. The van der Waals surface area contributed by atoms with Gasteiger partial charge >= 0.3 is 0 Å². The Labute approximate surface area is 119 Å². The summed E-state index contributed by atoms with van der Waals surface area (Å²) in [6, 6.07) is 11.7. The first kappa shape index (κ1) is 12.9. The molecule has 1 nitrogen and oxygen atoms in total.